The molecule has 0 aliphatic carbocycles. The highest BCUT2D eigenvalue weighted by atomic mass is 16.5. The van der Waals surface area contributed by atoms with Crippen molar-refractivity contribution in [1.29, 1.82) is 0 Å². The number of amides is 1. The van der Waals surface area contributed by atoms with Gasteiger partial charge in [-0.1, -0.05) is 72.8 Å². The third-order valence-electron chi connectivity index (χ3n) is 5.53. The van der Waals surface area contributed by atoms with Crippen LogP contribution in [0.1, 0.15) is 27.0 Å². The smallest absolute Gasteiger partial charge is 0.271 e. The van der Waals surface area contributed by atoms with Crippen LogP contribution in [0.2, 0.25) is 0 Å². The Morgan fingerprint density at radius 1 is 0.838 bits per heavy atom. The van der Waals surface area contributed by atoms with Gasteiger partial charge in [0.25, 0.3) is 5.91 Å². The summed E-state index contributed by atoms with van der Waals surface area (Å²) in [6.07, 6.45) is 1.59. The summed E-state index contributed by atoms with van der Waals surface area (Å²) in [5.74, 6) is 1.04. The van der Waals surface area contributed by atoms with Gasteiger partial charge in [0.05, 0.1) is 12.8 Å². The zero-order valence-corrected chi connectivity index (χ0v) is 19.9. The van der Waals surface area contributed by atoms with Crippen molar-refractivity contribution in [3.63, 3.8) is 0 Å². The van der Waals surface area contributed by atoms with E-state index in [4.69, 9.17) is 4.74 Å². The summed E-state index contributed by atoms with van der Waals surface area (Å²) < 4.78 is 5.79. The summed E-state index contributed by atoms with van der Waals surface area (Å²) >= 11 is 0. The van der Waals surface area contributed by atoms with E-state index >= 15 is 0 Å². The third kappa shape index (κ3) is 6.52. The Balaban J connectivity index is 1.11. The summed E-state index contributed by atoms with van der Waals surface area (Å²) in [4.78, 5) is 14.0. The Bertz CT molecular complexity index is 1460. The first-order valence-corrected chi connectivity index (χ1v) is 11.8. The predicted molar refractivity (Wildman–Crippen MR) is 141 cm³/mol. The molecule has 0 radical (unpaired) electrons. The van der Waals surface area contributed by atoms with Gasteiger partial charge in [-0.25, -0.2) is 5.43 Å². The largest absolute Gasteiger partial charge is 0.489 e. The summed E-state index contributed by atoms with van der Waals surface area (Å²) in [7, 11) is 0. The number of benzene rings is 4. The van der Waals surface area contributed by atoms with Crippen molar-refractivity contribution in [1.82, 2.24) is 25.6 Å². The molecule has 0 aliphatic heterocycles. The lowest BCUT2D eigenvalue weighted by atomic mass is 10.1. The number of nitrogens with zero attached hydrogens (tertiary/aromatic N) is 5. The average molecular weight is 489 g/mol. The normalized spacial score (nSPS) is 10.9. The van der Waals surface area contributed by atoms with Crippen LogP contribution in [0.4, 0.5) is 0 Å². The van der Waals surface area contributed by atoms with Crippen LogP contribution in [-0.2, 0) is 13.2 Å². The molecule has 182 valence electrons. The summed E-state index contributed by atoms with van der Waals surface area (Å²) in [6, 6.07) is 34.4. The standard InChI is InChI=1S/C29H24N6O2/c36-29(32-30-19-22-13-17-27(18-14-22)37-21-24-7-3-1-4-8-24)26-15-11-23(12-16-26)20-35-33-28(31-34-35)25-9-5-2-6-10-25/h1-19H,20-21H2,(H,32,36)/b30-19+. The van der Waals surface area contributed by atoms with E-state index in [2.05, 4.69) is 25.9 Å². The van der Waals surface area contributed by atoms with Crippen LogP contribution in [0.3, 0.4) is 0 Å². The number of hydrogen-bond acceptors (Lipinski definition) is 6. The van der Waals surface area contributed by atoms with Crippen molar-refractivity contribution >= 4 is 12.1 Å². The predicted octanol–water partition coefficient (Wildman–Crippen LogP) is 4.73. The second-order valence-electron chi connectivity index (χ2n) is 8.25. The minimum absolute atomic E-state index is 0.296. The number of carbonyl (C=O) groups excluding carboxylic acids is 1. The van der Waals surface area contributed by atoms with Crippen molar-refractivity contribution < 1.29 is 9.53 Å². The van der Waals surface area contributed by atoms with Gasteiger partial charge in [-0.3, -0.25) is 4.79 Å². The van der Waals surface area contributed by atoms with E-state index in [0.29, 0.717) is 24.5 Å². The molecule has 1 heterocycles. The van der Waals surface area contributed by atoms with Gasteiger partial charge in [0, 0.05) is 11.1 Å². The Hall–Kier alpha value is -5.11. The van der Waals surface area contributed by atoms with Gasteiger partial charge >= 0.3 is 0 Å². The highest BCUT2D eigenvalue weighted by Crippen LogP contribution is 2.14. The molecule has 4 aromatic carbocycles. The molecule has 1 N–H and O–H groups in total. The quantitative estimate of drug-likeness (QED) is 0.239. The molecule has 8 heteroatoms. The number of aromatic nitrogens is 4. The van der Waals surface area contributed by atoms with E-state index in [1.54, 1.807) is 18.3 Å². The molecule has 0 saturated carbocycles. The SMILES string of the molecule is O=C(N/N=C/c1ccc(OCc2ccccc2)cc1)c1ccc(Cn2nnc(-c3ccccc3)n2)cc1. The number of tetrazole rings is 1. The lowest BCUT2D eigenvalue weighted by Gasteiger charge is -2.06. The second kappa shape index (κ2) is 11.5. The van der Waals surface area contributed by atoms with Crippen molar-refractivity contribution in [3.8, 4) is 17.1 Å². The minimum atomic E-state index is -0.296. The van der Waals surface area contributed by atoms with Crippen LogP contribution in [0.25, 0.3) is 11.4 Å². The average Bonchev–Trinajstić information content (AvgIpc) is 3.42. The maximum absolute atomic E-state index is 12.5. The van der Waals surface area contributed by atoms with E-state index < -0.39 is 0 Å². The fourth-order valence-electron chi connectivity index (χ4n) is 3.56. The monoisotopic (exact) mass is 488 g/mol. The molecular weight excluding hydrogens is 464 g/mol. The third-order valence-corrected chi connectivity index (χ3v) is 5.53. The molecule has 1 amide bonds. The maximum atomic E-state index is 12.5. The van der Waals surface area contributed by atoms with E-state index in [-0.39, 0.29) is 5.91 Å². The van der Waals surface area contributed by atoms with Crippen molar-refractivity contribution in [2.75, 3.05) is 0 Å². The van der Waals surface area contributed by atoms with E-state index in [1.807, 2.05) is 97.1 Å². The van der Waals surface area contributed by atoms with Crippen LogP contribution >= 0.6 is 0 Å². The molecule has 0 unspecified atom stereocenters. The number of nitrogens with one attached hydrogen (secondary N) is 1. The van der Waals surface area contributed by atoms with Gasteiger partial charge in [-0.05, 0) is 58.3 Å². The van der Waals surface area contributed by atoms with Crippen LogP contribution < -0.4 is 10.2 Å². The first-order chi connectivity index (χ1) is 18.2. The van der Waals surface area contributed by atoms with Gasteiger partial charge in [0.2, 0.25) is 5.82 Å². The number of carbonyl (C=O) groups is 1. The van der Waals surface area contributed by atoms with Gasteiger partial charge in [0.1, 0.15) is 12.4 Å². The molecular formula is C29H24N6O2. The van der Waals surface area contributed by atoms with Gasteiger partial charge < -0.3 is 4.74 Å². The molecule has 8 nitrogen and oxygen atoms in total. The molecule has 0 spiro atoms. The highest BCUT2D eigenvalue weighted by molar-refractivity contribution is 5.94. The zero-order chi connectivity index (χ0) is 25.3. The van der Waals surface area contributed by atoms with E-state index in [1.165, 1.54) is 4.80 Å². The minimum Gasteiger partial charge on any atom is -0.489 e. The Labute approximate surface area is 214 Å². The van der Waals surface area contributed by atoms with Crippen molar-refractivity contribution in [2.45, 2.75) is 13.2 Å². The van der Waals surface area contributed by atoms with Crippen LogP contribution in [0, 0.1) is 0 Å². The molecule has 0 aliphatic rings. The first-order valence-electron chi connectivity index (χ1n) is 11.8. The molecule has 5 rings (SSSR count). The number of rotatable bonds is 9. The molecule has 37 heavy (non-hydrogen) atoms. The molecule has 0 saturated heterocycles. The topological polar surface area (TPSA) is 94.3 Å². The van der Waals surface area contributed by atoms with Crippen molar-refractivity contribution in [2.24, 2.45) is 5.10 Å². The number of hydrogen-bond donors (Lipinski definition) is 1. The maximum Gasteiger partial charge on any atom is 0.271 e. The van der Waals surface area contributed by atoms with Crippen LogP contribution in [0.5, 0.6) is 5.75 Å². The number of ether oxygens (including phenoxy) is 1. The van der Waals surface area contributed by atoms with E-state index in [9.17, 15) is 4.79 Å². The lowest BCUT2D eigenvalue weighted by molar-refractivity contribution is 0.0955. The van der Waals surface area contributed by atoms with Gasteiger partial charge in [0.15, 0.2) is 0 Å². The van der Waals surface area contributed by atoms with Crippen LogP contribution in [0.15, 0.2) is 114 Å². The Kier molecular flexibility index (Phi) is 7.37. The molecule has 0 fully saturated rings. The molecule has 5 aromatic rings. The first kappa shape index (κ1) is 23.6. The summed E-state index contributed by atoms with van der Waals surface area (Å²) in [6.45, 7) is 0.956. The summed E-state index contributed by atoms with van der Waals surface area (Å²) in [5.41, 5.74) is 6.87. The molecule has 0 bridgehead atoms. The number of hydrazone groups is 1. The van der Waals surface area contributed by atoms with Gasteiger partial charge in [-0.15, -0.1) is 10.2 Å². The Morgan fingerprint density at radius 3 is 2.27 bits per heavy atom. The van der Waals surface area contributed by atoms with Crippen molar-refractivity contribution in [3.05, 3.63) is 131 Å². The van der Waals surface area contributed by atoms with E-state index in [0.717, 1.165) is 28.0 Å². The lowest BCUT2D eigenvalue weighted by Crippen LogP contribution is -2.17. The van der Waals surface area contributed by atoms with Gasteiger partial charge in [-0.2, -0.15) is 9.90 Å². The Morgan fingerprint density at radius 2 is 1.54 bits per heavy atom. The fourth-order valence-corrected chi connectivity index (χ4v) is 3.56. The molecule has 1 aromatic heterocycles. The second-order valence-corrected chi connectivity index (χ2v) is 8.25. The summed E-state index contributed by atoms with van der Waals surface area (Å²) in [5, 5.41) is 16.7. The van der Waals surface area contributed by atoms with Crippen LogP contribution in [-0.4, -0.2) is 32.3 Å². The fraction of sp³-hybridized carbons (Fsp3) is 0.0690. The molecule has 0 atom stereocenters. The highest BCUT2D eigenvalue weighted by Gasteiger charge is 2.08. The zero-order valence-electron chi connectivity index (χ0n) is 19.9.